The van der Waals surface area contributed by atoms with Crippen LogP contribution in [0, 0.1) is 0 Å². The number of aryl methyl sites for hydroxylation is 1. The van der Waals surface area contributed by atoms with Gasteiger partial charge >= 0.3 is 0 Å². The first-order valence-electron chi connectivity index (χ1n) is 8.46. The standard InChI is InChI=1S/C18H20Cl2N6S/c1-3-26-16(15(20)10-21-26)12-24(2)18(27)22-17-8-9-25(23-17)11-13-4-6-14(19)7-5-13/h4-10H,3,11-12H2,1-2H3,(H,22,23,27). The highest BCUT2D eigenvalue weighted by Gasteiger charge is 2.13. The number of benzene rings is 1. The van der Waals surface area contributed by atoms with E-state index in [9.17, 15) is 0 Å². The molecule has 0 aliphatic carbocycles. The molecular formula is C18H20Cl2N6S. The maximum Gasteiger partial charge on any atom is 0.174 e. The minimum atomic E-state index is 0.560. The maximum atomic E-state index is 6.23. The van der Waals surface area contributed by atoms with E-state index in [-0.39, 0.29) is 0 Å². The number of nitrogens with one attached hydrogen (secondary N) is 1. The highest BCUT2D eigenvalue weighted by atomic mass is 35.5. The largest absolute Gasteiger partial charge is 0.346 e. The average molecular weight is 423 g/mol. The van der Waals surface area contributed by atoms with Crippen LogP contribution in [-0.4, -0.2) is 36.6 Å². The van der Waals surface area contributed by atoms with E-state index in [0.717, 1.165) is 22.8 Å². The van der Waals surface area contributed by atoms with Crippen LogP contribution >= 0.6 is 35.4 Å². The Morgan fingerprint density at radius 3 is 2.67 bits per heavy atom. The van der Waals surface area contributed by atoms with Crippen LogP contribution < -0.4 is 5.32 Å². The third-order valence-electron chi connectivity index (χ3n) is 4.06. The van der Waals surface area contributed by atoms with Gasteiger partial charge < -0.3 is 10.2 Å². The molecule has 0 saturated carbocycles. The summed E-state index contributed by atoms with van der Waals surface area (Å²) in [6.45, 7) is 4.00. The quantitative estimate of drug-likeness (QED) is 0.600. The van der Waals surface area contributed by atoms with Crippen LogP contribution in [-0.2, 0) is 19.6 Å². The van der Waals surface area contributed by atoms with Gasteiger partial charge in [-0.15, -0.1) is 0 Å². The number of aromatic nitrogens is 4. The minimum Gasteiger partial charge on any atom is -0.346 e. The first-order valence-corrected chi connectivity index (χ1v) is 9.63. The van der Waals surface area contributed by atoms with Crippen molar-refractivity contribution in [3.05, 3.63) is 64.0 Å². The molecule has 142 valence electrons. The van der Waals surface area contributed by atoms with Gasteiger partial charge in [0.05, 0.1) is 30.0 Å². The Labute approximate surface area is 173 Å². The molecule has 2 aromatic heterocycles. The lowest BCUT2D eigenvalue weighted by atomic mass is 10.2. The van der Waals surface area contributed by atoms with Crippen LogP contribution in [0.25, 0.3) is 0 Å². The number of hydrogen-bond donors (Lipinski definition) is 1. The molecule has 0 bridgehead atoms. The van der Waals surface area contributed by atoms with E-state index in [0.29, 0.717) is 29.0 Å². The van der Waals surface area contributed by atoms with Crippen molar-refractivity contribution in [2.24, 2.45) is 0 Å². The monoisotopic (exact) mass is 422 g/mol. The van der Waals surface area contributed by atoms with Gasteiger partial charge in [0, 0.05) is 30.9 Å². The summed E-state index contributed by atoms with van der Waals surface area (Å²) < 4.78 is 3.71. The second-order valence-electron chi connectivity index (χ2n) is 6.07. The molecule has 0 spiro atoms. The lowest BCUT2D eigenvalue weighted by Gasteiger charge is -2.20. The fourth-order valence-corrected chi connectivity index (χ4v) is 3.11. The molecule has 3 rings (SSSR count). The van der Waals surface area contributed by atoms with E-state index < -0.39 is 0 Å². The second-order valence-corrected chi connectivity index (χ2v) is 7.30. The zero-order valence-electron chi connectivity index (χ0n) is 15.1. The minimum absolute atomic E-state index is 0.560. The van der Waals surface area contributed by atoms with Crippen LogP contribution in [0.3, 0.4) is 0 Å². The Hall–Kier alpha value is -2.09. The molecule has 1 N–H and O–H groups in total. The van der Waals surface area contributed by atoms with E-state index in [1.54, 1.807) is 6.20 Å². The summed E-state index contributed by atoms with van der Waals surface area (Å²) in [6.07, 6.45) is 3.56. The molecule has 9 heteroatoms. The van der Waals surface area contributed by atoms with Crippen molar-refractivity contribution in [1.29, 1.82) is 0 Å². The molecule has 0 fully saturated rings. The van der Waals surface area contributed by atoms with Crippen molar-refractivity contribution >= 4 is 46.4 Å². The number of nitrogens with zero attached hydrogens (tertiary/aromatic N) is 5. The number of thiocarbonyl (C=S) groups is 1. The number of rotatable bonds is 6. The summed E-state index contributed by atoms with van der Waals surface area (Å²) in [4.78, 5) is 1.91. The summed E-state index contributed by atoms with van der Waals surface area (Å²) in [5, 5.41) is 13.8. The van der Waals surface area contributed by atoms with Gasteiger partial charge in [0.2, 0.25) is 0 Å². The molecule has 1 aromatic carbocycles. The molecule has 6 nitrogen and oxygen atoms in total. The van der Waals surface area contributed by atoms with Gasteiger partial charge in [0.25, 0.3) is 0 Å². The summed E-state index contributed by atoms with van der Waals surface area (Å²) in [6, 6.07) is 9.59. The smallest absolute Gasteiger partial charge is 0.174 e. The van der Waals surface area contributed by atoms with Crippen molar-refractivity contribution in [3.8, 4) is 0 Å². The zero-order valence-corrected chi connectivity index (χ0v) is 17.4. The van der Waals surface area contributed by atoms with Crippen LogP contribution in [0.4, 0.5) is 5.82 Å². The number of halogens is 2. The Bertz CT molecular complexity index is 918. The Kier molecular flexibility index (Phi) is 6.36. The lowest BCUT2D eigenvalue weighted by molar-refractivity contribution is 0.471. The van der Waals surface area contributed by atoms with Crippen LogP contribution in [0.2, 0.25) is 10.0 Å². The number of hydrogen-bond acceptors (Lipinski definition) is 3. The summed E-state index contributed by atoms with van der Waals surface area (Å²) >= 11 is 17.6. The van der Waals surface area contributed by atoms with Crippen LogP contribution in [0.5, 0.6) is 0 Å². The van der Waals surface area contributed by atoms with Gasteiger partial charge in [-0.1, -0.05) is 35.3 Å². The molecule has 0 amide bonds. The topological polar surface area (TPSA) is 50.9 Å². The van der Waals surface area contributed by atoms with Gasteiger partial charge in [-0.25, -0.2) is 0 Å². The molecule has 2 heterocycles. The van der Waals surface area contributed by atoms with Gasteiger partial charge in [-0.05, 0) is 36.8 Å². The van der Waals surface area contributed by atoms with E-state index in [2.05, 4.69) is 15.5 Å². The average Bonchev–Trinajstić information content (AvgIpc) is 3.23. The fourth-order valence-electron chi connectivity index (χ4n) is 2.61. The normalized spacial score (nSPS) is 10.8. The van der Waals surface area contributed by atoms with Crippen molar-refractivity contribution in [2.45, 2.75) is 26.6 Å². The molecule has 0 radical (unpaired) electrons. The van der Waals surface area contributed by atoms with E-state index in [1.807, 2.05) is 64.8 Å². The van der Waals surface area contributed by atoms with E-state index >= 15 is 0 Å². The van der Waals surface area contributed by atoms with E-state index in [4.69, 9.17) is 35.4 Å². The molecule has 0 unspecified atom stereocenters. The lowest BCUT2D eigenvalue weighted by Crippen LogP contribution is -2.31. The highest BCUT2D eigenvalue weighted by Crippen LogP contribution is 2.17. The Morgan fingerprint density at radius 2 is 1.96 bits per heavy atom. The molecule has 0 aliphatic heterocycles. The van der Waals surface area contributed by atoms with Gasteiger partial charge in [0.1, 0.15) is 0 Å². The Morgan fingerprint density at radius 1 is 1.22 bits per heavy atom. The summed E-state index contributed by atoms with van der Waals surface area (Å²) in [5.41, 5.74) is 2.05. The molecule has 0 atom stereocenters. The van der Waals surface area contributed by atoms with Gasteiger partial charge in [-0.2, -0.15) is 10.2 Å². The van der Waals surface area contributed by atoms with Gasteiger partial charge in [-0.3, -0.25) is 9.36 Å². The van der Waals surface area contributed by atoms with Crippen LogP contribution in [0.15, 0.2) is 42.7 Å². The number of anilines is 1. The van der Waals surface area contributed by atoms with Crippen molar-refractivity contribution in [1.82, 2.24) is 24.5 Å². The van der Waals surface area contributed by atoms with Crippen molar-refractivity contribution < 1.29 is 0 Å². The third kappa shape index (κ3) is 5.00. The second kappa shape index (κ2) is 8.73. The molecular weight excluding hydrogens is 403 g/mol. The summed E-state index contributed by atoms with van der Waals surface area (Å²) in [7, 11) is 1.91. The molecule has 0 aliphatic rings. The van der Waals surface area contributed by atoms with Crippen molar-refractivity contribution in [2.75, 3.05) is 12.4 Å². The molecule has 0 saturated heterocycles. The zero-order chi connectivity index (χ0) is 19.4. The first-order chi connectivity index (χ1) is 13.0. The maximum absolute atomic E-state index is 6.23. The van der Waals surface area contributed by atoms with Crippen LogP contribution in [0.1, 0.15) is 18.2 Å². The van der Waals surface area contributed by atoms with Crippen molar-refractivity contribution in [3.63, 3.8) is 0 Å². The third-order valence-corrected chi connectivity index (χ3v) is 5.05. The summed E-state index contributed by atoms with van der Waals surface area (Å²) in [5.74, 6) is 0.691. The Balaban J connectivity index is 1.60. The molecule has 27 heavy (non-hydrogen) atoms. The van der Waals surface area contributed by atoms with Gasteiger partial charge in [0.15, 0.2) is 10.9 Å². The van der Waals surface area contributed by atoms with E-state index in [1.165, 1.54) is 0 Å². The SMILES string of the molecule is CCn1ncc(Cl)c1CN(C)C(=S)Nc1ccn(Cc2ccc(Cl)cc2)n1. The predicted molar refractivity (Wildman–Crippen MR) is 113 cm³/mol. The fraction of sp³-hybridized carbons (Fsp3) is 0.278. The molecule has 3 aromatic rings. The first kappa shape index (κ1) is 19.7. The predicted octanol–water partition coefficient (Wildman–Crippen LogP) is 4.28. The highest BCUT2D eigenvalue weighted by molar-refractivity contribution is 7.80.